The molecule has 0 amide bonds. The van der Waals surface area contributed by atoms with Gasteiger partial charge in [0.05, 0.1) is 11.2 Å². The molecule has 0 radical (unpaired) electrons. The van der Waals surface area contributed by atoms with Gasteiger partial charge in [-0.25, -0.2) is 4.39 Å². The molecular formula is C17H26FNO. The Bertz CT molecular complexity index is 453. The van der Waals surface area contributed by atoms with Crippen LogP contribution in [0.2, 0.25) is 0 Å². The van der Waals surface area contributed by atoms with Gasteiger partial charge >= 0.3 is 0 Å². The lowest BCUT2D eigenvalue weighted by Crippen LogP contribution is -2.44. The SMILES string of the molecule is CNC(Cc1ccc(F)cc1)C1CC(C)(C)OC1(C)C. The molecule has 1 fully saturated rings. The molecule has 0 saturated carbocycles. The lowest BCUT2D eigenvalue weighted by atomic mass is 9.79. The summed E-state index contributed by atoms with van der Waals surface area (Å²) >= 11 is 0. The maximum atomic E-state index is 13.0. The molecule has 1 heterocycles. The van der Waals surface area contributed by atoms with Crippen molar-refractivity contribution >= 4 is 0 Å². The van der Waals surface area contributed by atoms with Crippen molar-refractivity contribution in [3.8, 4) is 0 Å². The highest BCUT2D eigenvalue weighted by Crippen LogP contribution is 2.44. The van der Waals surface area contributed by atoms with E-state index in [-0.39, 0.29) is 17.0 Å². The van der Waals surface area contributed by atoms with Gasteiger partial charge in [0.2, 0.25) is 0 Å². The molecule has 2 atom stereocenters. The maximum Gasteiger partial charge on any atom is 0.123 e. The molecule has 1 saturated heterocycles. The highest BCUT2D eigenvalue weighted by molar-refractivity contribution is 5.18. The Kier molecular flexibility index (Phi) is 4.22. The van der Waals surface area contributed by atoms with Crippen LogP contribution in [0.4, 0.5) is 4.39 Å². The maximum absolute atomic E-state index is 13.0. The molecule has 0 aliphatic carbocycles. The third-order valence-electron chi connectivity index (χ3n) is 4.37. The molecule has 1 aliphatic heterocycles. The fourth-order valence-corrected chi connectivity index (χ4v) is 3.55. The van der Waals surface area contributed by atoms with Crippen molar-refractivity contribution in [1.29, 1.82) is 0 Å². The van der Waals surface area contributed by atoms with Crippen LogP contribution in [0.5, 0.6) is 0 Å². The number of hydrogen-bond acceptors (Lipinski definition) is 2. The van der Waals surface area contributed by atoms with Gasteiger partial charge in [-0.3, -0.25) is 0 Å². The van der Waals surface area contributed by atoms with Crippen LogP contribution in [0.3, 0.4) is 0 Å². The van der Waals surface area contributed by atoms with Crippen molar-refractivity contribution in [2.75, 3.05) is 7.05 Å². The van der Waals surface area contributed by atoms with Crippen LogP contribution in [-0.4, -0.2) is 24.3 Å². The zero-order valence-electron chi connectivity index (χ0n) is 13.2. The van der Waals surface area contributed by atoms with E-state index in [1.165, 1.54) is 12.1 Å². The molecule has 1 aromatic rings. The summed E-state index contributed by atoms with van der Waals surface area (Å²) in [6.07, 6.45) is 1.93. The minimum absolute atomic E-state index is 0.0773. The third-order valence-corrected chi connectivity index (χ3v) is 4.37. The Balaban J connectivity index is 2.14. The molecule has 2 rings (SSSR count). The Morgan fingerprint density at radius 2 is 1.85 bits per heavy atom. The van der Waals surface area contributed by atoms with E-state index in [0.717, 1.165) is 18.4 Å². The normalized spacial score (nSPS) is 25.6. The average Bonchev–Trinajstić information content (AvgIpc) is 2.56. The van der Waals surface area contributed by atoms with Gasteiger partial charge in [-0.15, -0.1) is 0 Å². The summed E-state index contributed by atoms with van der Waals surface area (Å²) in [6.45, 7) is 8.64. The highest BCUT2D eigenvalue weighted by Gasteiger charge is 2.48. The van der Waals surface area contributed by atoms with Crippen molar-refractivity contribution in [3.05, 3.63) is 35.6 Å². The van der Waals surface area contributed by atoms with E-state index in [2.05, 4.69) is 33.0 Å². The number of likely N-dealkylation sites (N-methyl/N-ethyl adjacent to an activating group) is 1. The summed E-state index contributed by atoms with van der Waals surface area (Å²) in [5, 5.41) is 3.43. The number of rotatable bonds is 4. The summed E-state index contributed by atoms with van der Waals surface area (Å²) in [5.41, 5.74) is 0.940. The number of benzene rings is 1. The quantitative estimate of drug-likeness (QED) is 0.910. The molecule has 1 aromatic carbocycles. The molecule has 3 heteroatoms. The van der Waals surface area contributed by atoms with E-state index in [1.807, 2.05) is 19.2 Å². The first kappa shape index (κ1) is 15.5. The number of ether oxygens (including phenoxy) is 1. The molecular weight excluding hydrogens is 253 g/mol. The van der Waals surface area contributed by atoms with Crippen LogP contribution in [0.15, 0.2) is 24.3 Å². The summed E-state index contributed by atoms with van der Waals surface area (Å²) in [7, 11) is 2.00. The second-order valence-corrected chi connectivity index (χ2v) is 7.00. The van der Waals surface area contributed by atoms with Crippen LogP contribution in [0.25, 0.3) is 0 Å². The summed E-state index contributed by atoms with van der Waals surface area (Å²) in [4.78, 5) is 0. The van der Waals surface area contributed by atoms with Crippen molar-refractivity contribution in [2.24, 2.45) is 5.92 Å². The van der Waals surface area contributed by atoms with Gasteiger partial charge in [-0.2, -0.15) is 0 Å². The fraction of sp³-hybridized carbons (Fsp3) is 0.647. The molecule has 0 bridgehead atoms. The van der Waals surface area contributed by atoms with Crippen molar-refractivity contribution < 1.29 is 9.13 Å². The molecule has 0 aromatic heterocycles. The largest absolute Gasteiger partial charge is 0.369 e. The number of hydrogen-bond donors (Lipinski definition) is 1. The third kappa shape index (κ3) is 3.39. The molecule has 20 heavy (non-hydrogen) atoms. The molecule has 2 unspecified atom stereocenters. The van der Waals surface area contributed by atoms with Crippen LogP contribution < -0.4 is 5.32 Å². The summed E-state index contributed by atoms with van der Waals surface area (Å²) < 4.78 is 19.2. The Morgan fingerprint density at radius 1 is 1.25 bits per heavy atom. The van der Waals surface area contributed by atoms with E-state index >= 15 is 0 Å². The smallest absolute Gasteiger partial charge is 0.123 e. The second kappa shape index (κ2) is 5.45. The lowest BCUT2D eigenvalue weighted by Gasteiger charge is -2.33. The van der Waals surface area contributed by atoms with E-state index in [9.17, 15) is 4.39 Å². The summed E-state index contributed by atoms with van der Waals surface area (Å²) in [6, 6.07) is 7.13. The number of nitrogens with one attached hydrogen (secondary N) is 1. The lowest BCUT2D eigenvalue weighted by molar-refractivity contribution is -0.0774. The van der Waals surface area contributed by atoms with Crippen LogP contribution >= 0.6 is 0 Å². The number of halogens is 1. The Morgan fingerprint density at radius 3 is 2.30 bits per heavy atom. The minimum Gasteiger partial charge on any atom is -0.369 e. The van der Waals surface area contributed by atoms with Crippen molar-refractivity contribution in [3.63, 3.8) is 0 Å². The molecule has 1 aliphatic rings. The highest BCUT2D eigenvalue weighted by atomic mass is 19.1. The Hall–Kier alpha value is -0.930. The zero-order chi connectivity index (χ0) is 15.0. The van der Waals surface area contributed by atoms with Gasteiger partial charge in [-0.05, 0) is 65.3 Å². The first-order valence-corrected chi connectivity index (χ1v) is 7.35. The van der Waals surface area contributed by atoms with Crippen LogP contribution in [0, 0.1) is 11.7 Å². The predicted octanol–water partition coefficient (Wildman–Crippen LogP) is 3.55. The first-order valence-electron chi connectivity index (χ1n) is 7.35. The fourth-order valence-electron chi connectivity index (χ4n) is 3.55. The van der Waals surface area contributed by atoms with Gasteiger partial charge in [0.1, 0.15) is 5.82 Å². The van der Waals surface area contributed by atoms with Crippen LogP contribution in [0.1, 0.15) is 39.7 Å². The van der Waals surface area contributed by atoms with Crippen molar-refractivity contribution in [1.82, 2.24) is 5.32 Å². The van der Waals surface area contributed by atoms with Gasteiger partial charge in [0.15, 0.2) is 0 Å². The van der Waals surface area contributed by atoms with E-state index in [0.29, 0.717) is 12.0 Å². The van der Waals surface area contributed by atoms with E-state index in [1.54, 1.807) is 0 Å². The predicted molar refractivity (Wildman–Crippen MR) is 80.3 cm³/mol. The average molecular weight is 279 g/mol. The van der Waals surface area contributed by atoms with Crippen LogP contribution in [-0.2, 0) is 11.2 Å². The molecule has 1 N–H and O–H groups in total. The zero-order valence-corrected chi connectivity index (χ0v) is 13.2. The van der Waals surface area contributed by atoms with Gasteiger partial charge in [0, 0.05) is 12.0 Å². The van der Waals surface area contributed by atoms with Gasteiger partial charge in [-0.1, -0.05) is 12.1 Å². The van der Waals surface area contributed by atoms with E-state index < -0.39 is 0 Å². The topological polar surface area (TPSA) is 21.3 Å². The standard InChI is InChI=1S/C17H26FNO/c1-16(2)11-14(17(3,4)20-16)15(19-5)10-12-6-8-13(18)9-7-12/h6-9,14-15,19H,10-11H2,1-5H3. The monoisotopic (exact) mass is 279 g/mol. The van der Waals surface area contributed by atoms with E-state index in [4.69, 9.17) is 4.74 Å². The Labute approximate surface area is 121 Å². The molecule has 2 nitrogen and oxygen atoms in total. The molecule has 0 spiro atoms. The molecule has 112 valence electrons. The van der Waals surface area contributed by atoms with Crippen molar-refractivity contribution in [2.45, 2.75) is 57.8 Å². The minimum atomic E-state index is -0.180. The first-order chi connectivity index (χ1) is 9.23. The second-order valence-electron chi connectivity index (χ2n) is 7.00. The van der Waals surface area contributed by atoms with Gasteiger partial charge < -0.3 is 10.1 Å². The summed E-state index contributed by atoms with van der Waals surface area (Å²) in [5.74, 6) is 0.257. The van der Waals surface area contributed by atoms with Gasteiger partial charge in [0.25, 0.3) is 0 Å².